The number of likely N-dealkylation sites (tertiary alicyclic amines) is 1. The Morgan fingerprint density at radius 1 is 1.22 bits per heavy atom. The molecule has 1 aromatic rings. The standard InChI is InChI=1S/C21H31NO/c1-17(22-14-11-21(12-15-22)13-16-23-21)5-4-7-19-10-9-18-6-2-3-8-20(18)19/h2-3,6,8,17,19H,4-5,7,9-16H2,1H3. The molecule has 0 radical (unpaired) electrons. The summed E-state index contributed by atoms with van der Waals surface area (Å²) in [5, 5.41) is 0. The lowest BCUT2D eigenvalue weighted by molar-refractivity contribution is -0.175. The van der Waals surface area contributed by atoms with E-state index < -0.39 is 0 Å². The molecule has 0 saturated carbocycles. The summed E-state index contributed by atoms with van der Waals surface area (Å²) in [6.07, 6.45) is 10.6. The molecule has 1 spiro atoms. The molecule has 0 aromatic heterocycles. The van der Waals surface area contributed by atoms with Gasteiger partial charge in [0.1, 0.15) is 0 Å². The predicted molar refractivity (Wildman–Crippen MR) is 94.9 cm³/mol. The average molecular weight is 313 g/mol. The average Bonchev–Trinajstić information content (AvgIpc) is 2.97. The van der Waals surface area contributed by atoms with Gasteiger partial charge in [-0.25, -0.2) is 0 Å². The lowest BCUT2D eigenvalue weighted by Gasteiger charge is -2.48. The van der Waals surface area contributed by atoms with Gasteiger partial charge in [-0.2, -0.15) is 0 Å². The minimum atomic E-state index is 0.295. The Kier molecular flexibility index (Phi) is 4.47. The summed E-state index contributed by atoms with van der Waals surface area (Å²) in [5.41, 5.74) is 3.54. The fraction of sp³-hybridized carbons (Fsp3) is 0.714. The smallest absolute Gasteiger partial charge is 0.0728 e. The van der Waals surface area contributed by atoms with Crippen LogP contribution in [0.3, 0.4) is 0 Å². The third-order valence-electron chi connectivity index (χ3n) is 6.73. The lowest BCUT2D eigenvalue weighted by atomic mass is 9.84. The van der Waals surface area contributed by atoms with Crippen LogP contribution < -0.4 is 0 Å². The summed E-state index contributed by atoms with van der Waals surface area (Å²) < 4.78 is 5.84. The first-order valence-electron chi connectivity index (χ1n) is 9.72. The van der Waals surface area contributed by atoms with Gasteiger partial charge >= 0.3 is 0 Å². The molecule has 2 unspecified atom stereocenters. The molecule has 0 amide bonds. The van der Waals surface area contributed by atoms with E-state index in [1.165, 1.54) is 64.5 Å². The topological polar surface area (TPSA) is 12.5 Å². The van der Waals surface area contributed by atoms with Crippen molar-refractivity contribution in [3.05, 3.63) is 35.4 Å². The molecular weight excluding hydrogens is 282 g/mol. The quantitative estimate of drug-likeness (QED) is 0.792. The molecule has 3 aliphatic rings. The first-order chi connectivity index (χ1) is 11.3. The van der Waals surface area contributed by atoms with E-state index in [0.29, 0.717) is 5.60 Å². The Morgan fingerprint density at radius 2 is 2.00 bits per heavy atom. The maximum atomic E-state index is 5.84. The number of benzene rings is 1. The fourth-order valence-electron chi connectivity index (χ4n) is 4.94. The predicted octanol–water partition coefficient (Wildman–Crippen LogP) is 4.53. The van der Waals surface area contributed by atoms with Crippen LogP contribution in [0, 0.1) is 0 Å². The number of hydrogen-bond donors (Lipinski definition) is 0. The van der Waals surface area contributed by atoms with Crippen molar-refractivity contribution in [1.82, 2.24) is 4.90 Å². The van der Waals surface area contributed by atoms with Crippen molar-refractivity contribution in [1.29, 1.82) is 0 Å². The lowest BCUT2D eigenvalue weighted by Crippen LogP contribution is -2.53. The molecule has 1 aliphatic carbocycles. The van der Waals surface area contributed by atoms with Crippen LogP contribution >= 0.6 is 0 Å². The van der Waals surface area contributed by atoms with E-state index in [9.17, 15) is 0 Å². The summed E-state index contributed by atoms with van der Waals surface area (Å²) in [4.78, 5) is 2.70. The molecule has 2 heterocycles. The summed E-state index contributed by atoms with van der Waals surface area (Å²) in [6.45, 7) is 5.92. The van der Waals surface area contributed by atoms with Gasteiger partial charge in [0.25, 0.3) is 0 Å². The monoisotopic (exact) mass is 313 g/mol. The molecule has 2 saturated heterocycles. The van der Waals surface area contributed by atoms with E-state index in [4.69, 9.17) is 4.74 Å². The van der Waals surface area contributed by atoms with Crippen LogP contribution in [0.15, 0.2) is 24.3 Å². The van der Waals surface area contributed by atoms with Gasteiger partial charge < -0.3 is 9.64 Å². The summed E-state index contributed by atoms with van der Waals surface area (Å²) in [6, 6.07) is 9.83. The van der Waals surface area contributed by atoms with Crippen molar-refractivity contribution in [2.45, 2.75) is 75.9 Å². The number of aryl methyl sites for hydroxylation is 1. The van der Waals surface area contributed by atoms with Crippen molar-refractivity contribution in [3.8, 4) is 0 Å². The molecule has 2 nitrogen and oxygen atoms in total. The Morgan fingerprint density at radius 3 is 2.74 bits per heavy atom. The van der Waals surface area contributed by atoms with E-state index in [0.717, 1.165) is 18.6 Å². The molecular formula is C21H31NO. The normalized spacial score (nSPS) is 27.6. The third-order valence-corrected chi connectivity index (χ3v) is 6.73. The zero-order chi connectivity index (χ0) is 15.7. The maximum Gasteiger partial charge on any atom is 0.0728 e. The van der Waals surface area contributed by atoms with Crippen molar-refractivity contribution >= 4 is 0 Å². The van der Waals surface area contributed by atoms with Gasteiger partial charge in [-0.3, -0.25) is 0 Å². The molecule has 2 aliphatic heterocycles. The van der Waals surface area contributed by atoms with Gasteiger partial charge in [0.2, 0.25) is 0 Å². The SMILES string of the molecule is CC(CCCC1CCc2ccccc21)N1CCC2(CCO2)CC1. The van der Waals surface area contributed by atoms with Crippen molar-refractivity contribution in [2.75, 3.05) is 19.7 Å². The van der Waals surface area contributed by atoms with E-state index in [1.807, 2.05) is 0 Å². The van der Waals surface area contributed by atoms with Gasteiger partial charge in [0.15, 0.2) is 0 Å². The van der Waals surface area contributed by atoms with Crippen LogP contribution in [-0.2, 0) is 11.2 Å². The Hall–Kier alpha value is -0.860. The van der Waals surface area contributed by atoms with Crippen molar-refractivity contribution in [3.63, 3.8) is 0 Å². The van der Waals surface area contributed by atoms with E-state index in [-0.39, 0.29) is 0 Å². The summed E-state index contributed by atoms with van der Waals surface area (Å²) >= 11 is 0. The largest absolute Gasteiger partial charge is 0.375 e. The summed E-state index contributed by atoms with van der Waals surface area (Å²) in [5.74, 6) is 0.825. The minimum Gasteiger partial charge on any atom is -0.375 e. The fourth-order valence-corrected chi connectivity index (χ4v) is 4.94. The highest BCUT2D eigenvalue weighted by Gasteiger charge is 2.41. The first-order valence-corrected chi connectivity index (χ1v) is 9.72. The highest BCUT2D eigenvalue weighted by molar-refractivity contribution is 5.34. The van der Waals surface area contributed by atoms with Crippen LogP contribution in [0.2, 0.25) is 0 Å². The van der Waals surface area contributed by atoms with Gasteiger partial charge in [-0.15, -0.1) is 0 Å². The second kappa shape index (κ2) is 6.57. The number of piperidine rings is 1. The number of fused-ring (bicyclic) bond motifs is 1. The van der Waals surface area contributed by atoms with Crippen LogP contribution in [0.5, 0.6) is 0 Å². The van der Waals surface area contributed by atoms with Crippen molar-refractivity contribution < 1.29 is 4.74 Å². The number of ether oxygens (including phenoxy) is 1. The molecule has 1 aromatic carbocycles. The van der Waals surface area contributed by atoms with E-state index in [2.05, 4.69) is 36.1 Å². The first kappa shape index (κ1) is 15.7. The second-order valence-corrected chi connectivity index (χ2v) is 8.03. The molecule has 0 bridgehead atoms. The van der Waals surface area contributed by atoms with Gasteiger partial charge in [0.05, 0.1) is 12.2 Å². The maximum absolute atomic E-state index is 5.84. The zero-order valence-corrected chi connectivity index (χ0v) is 14.6. The number of rotatable bonds is 5. The van der Waals surface area contributed by atoms with Crippen molar-refractivity contribution in [2.24, 2.45) is 0 Å². The molecule has 4 rings (SSSR count). The molecule has 2 atom stereocenters. The molecule has 2 heteroatoms. The Bertz CT molecular complexity index is 526. The van der Waals surface area contributed by atoms with Crippen LogP contribution in [0.4, 0.5) is 0 Å². The highest BCUT2D eigenvalue weighted by atomic mass is 16.5. The van der Waals surface area contributed by atoms with E-state index >= 15 is 0 Å². The molecule has 23 heavy (non-hydrogen) atoms. The molecule has 126 valence electrons. The molecule has 2 fully saturated rings. The number of nitrogens with zero attached hydrogens (tertiary/aromatic N) is 1. The summed E-state index contributed by atoms with van der Waals surface area (Å²) in [7, 11) is 0. The van der Waals surface area contributed by atoms with Gasteiger partial charge in [-0.05, 0) is 68.9 Å². The van der Waals surface area contributed by atoms with Gasteiger partial charge in [-0.1, -0.05) is 30.7 Å². The zero-order valence-electron chi connectivity index (χ0n) is 14.6. The van der Waals surface area contributed by atoms with Crippen LogP contribution in [-0.4, -0.2) is 36.2 Å². The minimum absolute atomic E-state index is 0.295. The molecule has 0 N–H and O–H groups in total. The van der Waals surface area contributed by atoms with Crippen LogP contribution in [0.25, 0.3) is 0 Å². The Labute approximate surface area is 141 Å². The third kappa shape index (κ3) is 3.21. The number of hydrogen-bond acceptors (Lipinski definition) is 2. The van der Waals surface area contributed by atoms with Gasteiger partial charge in [0, 0.05) is 19.1 Å². The van der Waals surface area contributed by atoms with Crippen LogP contribution in [0.1, 0.15) is 68.9 Å². The highest BCUT2D eigenvalue weighted by Crippen LogP contribution is 2.38. The van der Waals surface area contributed by atoms with E-state index in [1.54, 1.807) is 11.1 Å². The second-order valence-electron chi connectivity index (χ2n) is 8.03. The Balaban J connectivity index is 1.21.